The Morgan fingerprint density at radius 3 is 2.22 bits per heavy atom. The normalized spacial score (nSPS) is 12.3. The van der Waals surface area contributed by atoms with Crippen LogP contribution in [0.1, 0.15) is 48.0 Å². The number of amides is 2. The van der Waals surface area contributed by atoms with Crippen LogP contribution in [0.5, 0.6) is 0 Å². The first-order valence-electron chi connectivity index (χ1n) is 14.6. The predicted molar refractivity (Wildman–Crippen MR) is 179 cm³/mol. The van der Waals surface area contributed by atoms with E-state index in [0.717, 1.165) is 22.0 Å². The lowest BCUT2D eigenvalue weighted by Crippen LogP contribution is -2.42. The van der Waals surface area contributed by atoms with Gasteiger partial charge in [0.2, 0.25) is 5.91 Å². The van der Waals surface area contributed by atoms with Crippen LogP contribution in [0.4, 0.5) is 20.2 Å². The van der Waals surface area contributed by atoms with Crippen LogP contribution >= 0.6 is 11.3 Å². The lowest BCUT2D eigenvalue weighted by atomic mass is 9.96. The van der Waals surface area contributed by atoms with E-state index in [2.05, 4.69) is 10.6 Å². The number of benzene rings is 2. The highest BCUT2D eigenvalue weighted by molar-refractivity contribution is 7.94. The molecule has 2 amide bonds. The number of nitrogens with zero attached hydrogens (tertiary/aromatic N) is 2. The minimum atomic E-state index is -4.44. The van der Waals surface area contributed by atoms with Gasteiger partial charge in [0.25, 0.3) is 21.5 Å². The molecule has 1 atom stereocenters. The van der Waals surface area contributed by atoms with E-state index >= 15 is 8.78 Å². The van der Waals surface area contributed by atoms with Crippen LogP contribution in [0, 0.1) is 30.9 Å². The van der Waals surface area contributed by atoms with Gasteiger partial charge in [-0.25, -0.2) is 31.4 Å². The third-order valence-electron chi connectivity index (χ3n) is 7.61. The summed E-state index contributed by atoms with van der Waals surface area (Å²) in [5.41, 5.74) is -1.87. The van der Waals surface area contributed by atoms with Crippen molar-refractivity contribution in [2.75, 3.05) is 10.0 Å². The van der Waals surface area contributed by atoms with Crippen molar-refractivity contribution in [3.05, 3.63) is 103 Å². The Balaban J connectivity index is 1.49. The Morgan fingerprint density at radius 2 is 1.63 bits per heavy atom. The molecule has 4 rings (SSSR count). The van der Waals surface area contributed by atoms with Crippen molar-refractivity contribution in [2.24, 2.45) is 12.5 Å². The average Bonchev–Trinajstić information content (AvgIpc) is 3.50. The van der Waals surface area contributed by atoms with Gasteiger partial charge in [-0.15, -0.1) is 11.3 Å². The molecule has 0 aliphatic carbocycles. The quantitative estimate of drug-likeness (QED) is 0.191. The number of aromatic nitrogens is 2. The number of carbonyl (C=O) groups excluding carboxylic acids is 2. The summed E-state index contributed by atoms with van der Waals surface area (Å²) in [7, 11) is -2.92. The fourth-order valence-electron chi connectivity index (χ4n) is 4.47. The predicted octanol–water partition coefficient (Wildman–Crippen LogP) is 3.70. The molecule has 0 aliphatic heterocycles. The zero-order valence-electron chi connectivity index (χ0n) is 27.2. The Kier molecular flexibility index (Phi) is 10.3. The highest BCUT2D eigenvalue weighted by Gasteiger charge is 2.27. The second-order valence-corrected chi connectivity index (χ2v) is 15.0. The Labute approximate surface area is 283 Å². The summed E-state index contributed by atoms with van der Waals surface area (Å²) in [5.74, 6) is -5.79. The van der Waals surface area contributed by atoms with Gasteiger partial charge in [0.15, 0.2) is 0 Å². The van der Waals surface area contributed by atoms with Crippen LogP contribution in [0.2, 0.25) is 0 Å². The topological polar surface area (TPSA) is 186 Å². The number of carbonyl (C=O) groups is 3. The summed E-state index contributed by atoms with van der Waals surface area (Å²) in [6.07, 6.45) is -0.303. The van der Waals surface area contributed by atoms with Gasteiger partial charge in [-0.1, -0.05) is 32.9 Å². The Bertz CT molecular complexity index is 2160. The van der Waals surface area contributed by atoms with Crippen molar-refractivity contribution < 1.29 is 36.7 Å². The summed E-state index contributed by atoms with van der Waals surface area (Å²) >= 11 is 0.728. The summed E-state index contributed by atoms with van der Waals surface area (Å²) in [4.78, 5) is 62.6. The second kappa shape index (κ2) is 13.8. The molecule has 260 valence electrons. The van der Waals surface area contributed by atoms with E-state index in [9.17, 15) is 37.5 Å². The highest BCUT2D eigenvalue weighted by Crippen LogP contribution is 2.29. The van der Waals surface area contributed by atoms with E-state index in [4.69, 9.17) is 0 Å². The van der Waals surface area contributed by atoms with Gasteiger partial charge in [0, 0.05) is 41.6 Å². The summed E-state index contributed by atoms with van der Waals surface area (Å²) in [6, 6.07) is 6.19. The van der Waals surface area contributed by atoms with Crippen molar-refractivity contribution in [2.45, 2.75) is 51.3 Å². The molecule has 17 heteroatoms. The number of aliphatic carboxylic acids is 1. The number of carboxylic acid groups (broad SMARTS) is 1. The summed E-state index contributed by atoms with van der Waals surface area (Å²) in [5, 5.41) is 15.8. The van der Waals surface area contributed by atoms with Crippen LogP contribution in [0.25, 0.3) is 5.69 Å². The number of hydrogen-bond acceptors (Lipinski definition) is 8. The van der Waals surface area contributed by atoms with Crippen molar-refractivity contribution in [1.29, 1.82) is 0 Å². The zero-order chi connectivity index (χ0) is 36.6. The maximum atomic E-state index is 15.0. The van der Waals surface area contributed by atoms with E-state index in [1.807, 2.05) is 4.72 Å². The molecular formula is C32H33F2N5O8S2. The first kappa shape index (κ1) is 36.7. The van der Waals surface area contributed by atoms with Crippen LogP contribution in [0.3, 0.4) is 0 Å². The number of rotatable bonds is 10. The number of carboxylic acids is 1. The van der Waals surface area contributed by atoms with Crippen molar-refractivity contribution in [3.8, 4) is 5.69 Å². The molecule has 0 saturated heterocycles. The largest absolute Gasteiger partial charge is 0.480 e. The molecule has 49 heavy (non-hydrogen) atoms. The van der Waals surface area contributed by atoms with Gasteiger partial charge < -0.3 is 20.3 Å². The lowest BCUT2D eigenvalue weighted by molar-refractivity contribution is -0.139. The van der Waals surface area contributed by atoms with Crippen molar-refractivity contribution in [1.82, 2.24) is 14.5 Å². The van der Waals surface area contributed by atoms with Gasteiger partial charge >= 0.3 is 11.7 Å². The van der Waals surface area contributed by atoms with Crippen LogP contribution in [-0.2, 0) is 33.1 Å². The molecule has 2 aromatic heterocycles. The maximum Gasteiger partial charge on any atom is 0.335 e. The third kappa shape index (κ3) is 7.94. The number of hydrogen-bond donors (Lipinski definition) is 4. The second-order valence-electron chi connectivity index (χ2n) is 12.2. The number of halogens is 2. The fraction of sp³-hybridized carbons (Fsp3) is 0.281. The molecule has 0 unspecified atom stereocenters. The molecule has 4 aromatic rings. The molecule has 0 aliphatic rings. The molecule has 2 aromatic carbocycles. The van der Waals surface area contributed by atoms with E-state index in [-0.39, 0.29) is 27.9 Å². The molecule has 0 fully saturated rings. The van der Waals surface area contributed by atoms with Gasteiger partial charge in [-0.2, -0.15) is 0 Å². The SMILES string of the molecule is Cc1c(C)n(C)c(=O)n(-c2ccc(C[C@H](NC(=O)c3cc(F)c(NS(=O)(=O)c4cc(NC(=O)C(C)(C)C)cs4)cc3F)C(=O)O)cc2)c1=O. The van der Waals surface area contributed by atoms with Crippen LogP contribution in [-0.4, -0.2) is 46.5 Å². The monoisotopic (exact) mass is 717 g/mol. The molecule has 4 N–H and O–H groups in total. The molecule has 0 radical (unpaired) electrons. The third-order valence-corrected chi connectivity index (χ3v) is 10.4. The van der Waals surface area contributed by atoms with E-state index in [1.54, 1.807) is 34.6 Å². The number of thiophene rings is 1. The minimum absolute atomic E-state index is 0.190. The molecule has 2 heterocycles. The molecule has 0 spiro atoms. The van der Waals surface area contributed by atoms with Crippen molar-refractivity contribution in [3.63, 3.8) is 0 Å². The summed E-state index contributed by atoms with van der Waals surface area (Å²) in [6.45, 7) is 8.22. The Hall–Kier alpha value is -5.16. The maximum absolute atomic E-state index is 15.0. The zero-order valence-corrected chi connectivity index (χ0v) is 28.8. The fourth-order valence-corrected chi connectivity index (χ4v) is 6.64. The lowest BCUT2D eigenvalue weighted by Gasteiger charge is -2.17. The van der Waals surface area contributed by atoms with Crippen molar-refractivity contribution >= 4 is 50.5 Å². The van der Waals surface area contributed by atoms with Crippen LogP contribution < -0.4 is 26.6 Å². The van der Waals surface area contributed by atoms with Gasteiger partial charge in [0.05, 0.1) is 22.6 Å². The first-order valence-corrected chi connectivity index (χ1v) is 16.9. The standard InChI is InChI=1S/C32H33F2N5O8S2/c1-16-17(2)38(6)31(45)39(28(16)41)20-9-7-18(8-10-20)11-25(29(42)43)36-27(40)21-13-23(34)24(14-22(21)33)37-49(46,47)26-12-19(15-48-26)35-30(44)32(3,4)5/h7-10,12-15,25,37H,11H2,1-6H3,(H,35,44)(H,36,40)(H,42,43)/t25-/m0/s1. The molecule has 0 bridgehead atoms. The summed E-state index contributed by atoms with van der Waals surface area (Å²) < 4.78 is 59.7. The van der Waals surface area contributed by atoms with E-state index in [1.165, 1.54) is 41.3 Å². The number of nitrogens with one attached hydrogen (secondary N) is 3. The van der Waals surface area contributed by atoms with E-state index in [0.29, 0.717) is 29.0 Å². The van der Waals surface area contributed by atoms with Gasteiger partial charge in [-0.05, 0) is 43.7 Å². The molecule has 13 nitrogen and oxygen atoms in total. The van der Waals surface area contributed by atoms with E-state index < -0.39 is 67.5 Å². The smallest absolute Gasteiger partial charge is 0.335 e. The molecule has 0 saturated carbocycles. The number of sulfonamides is 1. The highest BCUT2D eigenvalue weighted by atomic mass is 32.2. The van der Waals surface area contributed by atoms with Crippen LogP contribution in [0.15, 0.2) is 61.6 Å². The minimum Gasteiger partial charge on any atom is -0.480 e. The Morgan fingerprint density at radius 1 is 1.00 bits per heavy atom. The molecular weight excluding hydrogens is 685 g/mol. The van der Waals surface area contributed by atoms with Gasteiger partial charge in [-0.3, -0.25) is 19.1 Å². The van der Waals surface area contributed by atoms with Gasteiger partial charge in [0.1, 0.15) is 21.9 Å². The number of anilines is 2. The average molecular weight is 718 g/mol. The first-order chi connectivity index (χ1) is 22.7.